The van der Waals surface area contributed by atoms with Crippen LogP contribution in [0.1, 0.15) is 29.0 Å². The van der Waals surface area contributed by atoms with Crippen molar-refractivity contribution in [2.75, 3.05) is 13.7 Å². The van der Waals surface area contributed by atoms with Gasteiger partial charge in [0.1, 0.15) is 11.8 Å². The average molecular weight is 378 g/mol. The number of ether oxygens (including phenoxy) is 1. The molecular weight excluding hydrogens is 356 g/mol. The molecule has 3 rings (SSSR count). The van der Waals surface area contributed by atoms with Crippen molar-refractivity contribution >= 4 is 6.03 Å². The van der Waals surface area contributed by atoms with Crippen molar-refractivity contribution in [3.63, 3.8) is 0 Å². The maximum Gasteiger partial charge on any atom is 0.315 e. The first-order valence-corrected chi connectivity index (χ1v) is 8.85. The molecule has 0 aliphatic rings. The summed E-state index contributed by atoms with van der Waals surface area (Å²) in [7, 11) is 1.58. The SMILES string of the molecule is COc1ccccc1C(NC(=O)NCC(O)c1ccncc1)c1ccccn1. The molecule has 0 spiro atoms. The molecule has 2 heterocycles. The number of carbonyl (C=O) groups excluding carboxylic acids is 1. The Morgan fingerprint density at radius 3 is 2.54 bits per heavy atom. The predicted molar refractivity (Wildman–Crippen MR) is 105 cm³/mol. The van der Waals surface area contributed by atoms with Crippen LogP contribution in [-0.4, -0.2) is 34.8 Å². The van der Waals surface area contributed by atoms with Crippen LogP contribution in [0.4, 0.5) is 4.79 Å². The molecule has 144 valence electrons. The zero-order valence-electron chi connectivity index (χ0n) is 15.4. The first-order valence-electron chi connectivity index (χ1n) is 8.85. The summed E-state index contributed by atoms with van der Waals surface area (Å²) in [6.45, 7) is 0.0662. The second-order valence-corrected chi connectivity index (χ2v) is 6.08. The van der Waals surface area contributed by atoms with E-state index >= 15 is 0 Å². The van der Waals surface area contributed by atoms with Crippen molar-refractivity contribution in [1.82, 2.24) is 20.6 Å². The van der Waals surface area contributed by atoms with Gasteiger partial charge in [0.15, 0.2) is 0 Å². The maximum absolute atomic E-state index is 12.5. The molecule has 0 bridgehead atoms. The summed E-state index contributed by atoms with van der Waals surface area (Å²) in [4.78, 5) is 20.8. The van der Waals surface area contributed by atoms with E-state index in [9.17, 15) is 9.90 Å². The van der Waals surface area contributed by atoms with Gasteiger partial charge in [0.25, 0.3) is 0 Å². The van der Waals surface area contributed by atoms with Gasteiger partial charge in [0, 0.05) is 30.7 Å². The number of amides is 2. The summed E-state index contributed by atoms with van der Waals surface area (Å²) < 4.78 is 5.44. The number of urea groups is 1. The quantitative estimate of drug-likeness (QED) is 0.587. The van der Waals surface area contributed by atoms with Gasteiger partial charge in [-0.3, -0.25) is 9.97 Å². The van der Waals surface area contributed by atoms with Crippen LogP contribution in [-0.2, 0) is 0 Å². The van der Waals surface area contributed by atoms with Crippen molar-refractivity contribution in [2.24, 2.45) is 0 Å². The largest absolute Gasteiger partial charge is 0.496 e. The zero-order chi connectivity index (χ0) is 19.8. The Kier molecular flexibility index (Phi) is 6.54. The summed E-state index contributed by atoms with van der Waals surface area (Å²) >= 11 is 0. The van der Waals surface area contributed by atoms with Gasteiger partial charge in [-0.25, -0.2) is 4.79 Å². The lowest BCUT2D eigenvalue weighted by Crippen LogP contribution is -2.40. The van der Waals surface area contributed by atoms with Crippen molar-refractivity contribution in [1.29, 1.82) is 0 Å². The Hall–Kier alpha value is -3.45. The number of hydrogen-bond donors (Lipinski definition) is 3. The van der Waals surface area contributed by atoms with Crippen molar-refractivity contribution in [3.8, 4) is 5.75 Å². The molecule has 28 heavy (non-hydrogen) atoms. The topological polar surface area (TPSA) is 96.4 Å². The fraction of sp³-hybridized carbons (Fsp3) is 0.190. The predicted octanol–water partition coefficient (Wildman–Crippen LogP) is 2.61. The molecule has 2 atom stereocenters. The van der Waals surface area contributed by atoms with E-state index in [1.807, 2.05) is 42.5 Å². The molecule has 7 nitrogen and oxygen atoms in total. The van der Waals surface area contributed by atoms with E-state index in [-0.39, 0.29) is 6.54 Å². The van der Waals surface area contributed by atoms with Gasteiger partial charge >= 0.3 is 6.03 Å². The molecule has 0 radical (unpaired) electrons. The van der Waals surface area contributed by atoms with Gasteiger partial charge in [0.05, 0.1) is 18.9 Å². The van der Waals surface area contributed by atoms with Gasteiger partial charge in [-0.1, -0.05) is 24.3 Å². The van der Waals surface area contributed by atoms with E-state index in [1.54, 1.807) is 37.8 Å². The van der Waals surface area contributed by atoms with Crippen LogP contribution < -0.4 is 15.4 Å². The van der Waals surface area contributed by atoms with Gasteiger partial charge in [0.2, 0.25) is 0 Å². The molecule has 0 fully saturated rings. The number of nitrogens with one attached hydrogen (secondary N) is 2. The lowest BCUT2D eigenvalue weighted by molar-refractivity contribution is 0.172. The Balaban J connectivity index is 1.73. The maximum atomic E-state index is 12.5. The molecule has 0 aliphatic heterocycles. The first-order chi connectivity index (χ1) is 13.7. The van der Waals surface area contributed by atoms with Crippen molar-refractivity contribution in [2.45, 2.75) is 12.1 Å². The van der Waals surface area contributed by atoms with Crippen molar-refractivity contribution < 1.29 is 14.6 Å². The normalized spacial score (nSPS) is 12.6. The monoisotopic (exact) mass is 378 g/mol. The van der Waals surface area contributed by atoms with Gasteiger partial charge in [-0.2, -0.15) is 0 Å². The molecular formula is C21H22N4O3. The number of pyridine rings is 2. The molecule has 3 N–H and O–H groups in total. The van der Waals surface area contributed by atoms with E-state index in [2.05, 4.69) is 20.6 Å². The fourth-order valence-corrected chi connectivity index (χ4v) is 2.84. The first kappa shape index (κ1) is 19.3. The lowest BCUT2D eigenvalue weighted by atomic mass is 10.0. The Bertz CT molecular complexity index is 890. The standard InChI is InChI=1S/C21H22N4O3/c1-28-19-8-3-2-6-16(19)20(17-7-4-5-11-23-17)25-21(27)24-14-18(26)15-9-12-22-13-10-15/h2-13,18,20,26H,14H2,1H3,(H2,24,25,27). The summed E-state index contributed by atoms with van der Waals surface area (Å²) in [6, 6.07) is 15.4. The smallest absolute Gasteiger partial charge is 0.315 e. The van der Waals surface area contributed by atoms with Crippen LogP contribution in [0.25, 0.3) is 0 Å². The molecule has 0 saturated carbocycles. The molecule has 3 aromatic rings. The zero-order valence-corrected chi connectivity index (χ0v) is 15.4. The second kappa shape index (κ2) is 9.48. The van der Waals surface area contributed by atoms with Crippen molar-refractivity contribution in [3.05, 3.63) is 90.0 Å². The number of aliphatic hydroxyl groups is 1. The third-order valence-electron chi connectivity index (χ3n) is 4.26. The number of methoxy groups -OCH3 is 1. The minimum Gasteiger partial charge on any atom is -0.496 e. The summed E-state index contributed by atoms with van der Waals surface area (Å²) in [5.41, 5.74) is 2.15. The van der Waals surface area contributed by atoms with Gasteiger partial charge in [-0.05, 0) is 35.9 Å². The number of benzene rings is 1. The fourth-order valence-electron chi connectivity index (χ4n) is 2.84. The Morgan fingerprint density at radius 2 is 1.82 bits per heavy atom. The van der Waals surface area contributed by atoms with E-state index < -0.39 is 18.2 Å². The molecule has 2 aromatic heterocycles. The molecule has 0 saturated heterocycles. The third-order valence-corrected chi connectivity index (χ3v) is 4.26. The van der Waals surface area contributed by atoms with E-state index in [0.29, 0.717) is 17.0 Å². The summed E-state index contributed by atoms with van der Waals surface area (Å²) in [5.74, 6) is 0.648. The number of para-hydroxylation sites is 1. The minimum atomic E-state index is -0.826. The van der Waals surface area contributed by atoms with Crippen LogP contribution in [0.3, 0.4) is 0 Å². The molecule has 2 unspecified atom stereocenters. The van der Waals surface area contributed by atoms with E-state index in [1.165, 1.54) is 0 Å². The van der Waals surface area contributed by atoms with Crippen LogP contribution in [0.2, 0.25) is 0 Å². The Morgan fingerprint density at radius 1 is 1.07 bits per heavy atom. The molecule has 7 heteroatoms. The van der Waals surface area contributed by atoms with Gasteiger partial charge < -0.3 is 20.5 Å². The molecule has 1 aromatic carbocycles. The average Bonchev–Trinajstić information content (AvgIpc) is 2.77. The number of aromatic nitrogens is 2. The number of aliphatic hydroxyl groups excluding tert-OH is 1. The molecule has 0 aliphatic carbocycles. The van der Waals surface area contributed by atoms with Crippen LogP contribution >= 0.6 is 0 Å². The number of rotatable bonds is 7. The molecule has 2 amide bonds. The number of hydrogen-bond acceptors (Lipinski definition) is 5. The number of nitrogens with zero attached hydrogens (tertiary/aromatic N) is 2. The van der Waals surface area contributed by atoms with Crippen LogP contribution in [0, 0.1) is 0 Å². The highest BCUT2D eigenvalue weighted by molar-refractivity contribution is 5.75. The highest BCUT2D eigenvalue weighted by Crippen LogP contribution is 2.28. The van der Waals surface area contributed by atoms with Crippen LogP contribution in [0.5, 0.6) is 5.75 Å². The van der Waals surface area contributed by atoms with E-state index in [0.717, 1.165) is 5.56 Å². The highest BCUT2D eigenvalue weighted by Gasteiger charge is 2.21. The third kappa shape index (κ3) is 4.83. The minimum absolute atomic E-state index is 0.0662. The highest BCUT2D eigenvalue weighted by atomic mass is 16.5. The van der Waals surface area contributed by atoms with E-state index in [4.69, 9.17) is 4.74 Å². The lowest BCUT2D eigenvalue weighted by Gasteiger charge is -2.22. The Labute approximate surface area is 163 Å². The number of carbonyl (C=O) groups is 1. The summed E-state index contributed by atoms with van der Waals surface area (Å²) in [6.07, 6.45) is 4.03. The van der Waals surface area contributed by atoms with Crippen LogP contribution in [0.15, 0.2) is 73.2 Å². The summed E-state index contributed by atoms with van der Waals surface area (Å²) in [5, 5.41) is 15.8. The van der Waals surface area contributed by atoms with Gasteiger partial charge in [-0.15, -0.1) is 0 Å². The second-order valence-electron chi connectivity index (χ2n) is 6.08.